The predicted octanol–water partition coefficient (Wildman–Crippen LogP) is -3.83. The van der Waals surface area contributed by atoms with E-state index in [1.165, 1.54) is 6.92 Å². The zero-order valence-corrected chi connectivity index (χ0v) is 20.0. The van der Waals surface area contributed by atoms with E-state index in [9.17, 15) is 23.7 Å². The molecule has 0 aromatic carbocycles. The van der Waals surface area contributed by atoms with Gasteiger partial charge in [0.25, 0.3) is 0 Å². The van der Waals surface area contributed by atoms with E-state index in [-0.39, 0.29) is 67.9 Å². The molecule has 4 amide bonds. The average Bonchev–Trinajstić information content (AvgIpc) is 2.39. The Hall–Kier alpha value is 0.180. The summed E-state index contributed by atoms with van der Waals surface area (Å²) in [6.45, 7) is 6.86. The van der Waals surface area contributed by atoms with Gasteiger partial charge in [-0.05, 0) is 18.8 Å². The Kier molecular flexibility index (Phi) is 17.3. The first-order valence-corrected chi connectivity index (χ1v) is 7.66. The second-order valence-corrected chi connectivity index (χ2v) is 5.24. The Morgan fingerprint density at radius 2 is 1.67 bits per heavy atom. The maximum atomic E-state index is 11.9. The molecule has 0 spiro atoms. The summed E-state index contributed by atoms with van der Waals surface area (Å²) in [5.74, 6) is -1.54. The molecule has 0 radical (unpaired) electrons. The van der Waals surface area contributed by atoms with Crippen LogP contribution in [-0.4, -0.2) is 23.8 Å². The van der Waals surface area contributed by atoms with Crippen LogP contribution in [0, 0.1) is 11.3 Å². The molecule has 8 nitrogen and oxygen atoms in total. The molecule has 1 atom stereocenters. The zero-order valence-electron chi connectivity index (χ0n) is 17.1. The fraction of sp³-hybridized carbons (Fsp3) is 0.692. The second-order valence-electron chi connectivity index (χ2n) is 4.91. The van der Waals surface area contributed by atoms with Crippen molar-refractivity contribution in [2.45, 2.75) is 47.0 Å². The number of urea groups is 1. The summed E-state index contributed by atoms with van der Waals surface area (Å²) < 4.78 is 13.1. The summed E-state index contributed by atoms with van der Waals surface area (Å²) >= 11 is 0. The molecule has 11 heteroatoms. The predicted molar refractivity (Wildman–Crippen MR) is 80.1 cm³/mol. The third-order valence-corrected chi connectivity index (χ3v) is 3.88. The van der Waals surface area contributed by atoms with Gasteiger partial charge in [0.15, 0.2) is 0 Å². The average molecular weight is 380 g/mol. The van der Waals surface area contributed by atoms with Crippen LogP contribution in [0.4, 0.5) is 4.79 Å². The molecule has 1 rings (SSSR count). The molecule has 0 bridgehead atoms. The monoisotopic (exact) mass is 380 g/mol. The van der Waals surface area contributed by atoms with Crippen molar-refractivity contribution in [3.8, 4) is 0 Å². The molecule has 128 valence electrons. The van der Waals surface area contributed by atoms with E-state index in [2.05, 4.69) is 15.2 Å². The molecule has 1 fully saturated rings. The molecule has 1 heterocycles. The fourth-order valence-corrected chi connectivity index (χ4v) is 2.52. The van der Waals surface area contributed by atoms with Crippen LogP contribution in [0.5, 0.6) is 0 Å². The molecule has 0 aromatic rings. The van der Waals surface area contributed by atoms with Crippen molar-refractivity contribution in [1.29, 1.82) is 0 Å². The quantitative estimate of drug-likeness (QED) is 0.287. The van der Waals surface area contributed by atoms with Crippen LogP contribution in [0.3, 0.4) is 0 Å². The molecule has 1 saturated heterocycles. The Bertz CT molecular complexity index is 466. The summed E-state index contributed by atoms with van der Waals surface area (Å²) in [6.07, 6.45) is 2.08. The van der Waals surface area contributed by atoms with E-state index in [0.717, 1.165) is 12.8 Å². The number of carbonyl (C=O) groups excluding carboxylic acids is 4. The van der Waals surface area contributed by atoms with E-state index < -0.39 is 37.9 Å². The Morgan fingerprint density at radius 3 is 1.92 bits per heavy atom. The van der Waals surface area contributed by atoms with Gasteiger partial charge in [-0.2, -0.15) is 0 Å². The summed E-state index contributed by atoms with van der Waals surface area (Å²) in [4.78, 5) is 44.4. The molecule has 0 saturated carbocycles. The summed E-state index contributed by atoms with van der Waals surface area (Å²) in [5.41, 5.74) is -1.09. The normalized spacial score (nSPS) is 16.2. The summed E-state index contributed by atoms with van der Waals surface area (Å²) in [7, 11) is -0.576. The van der Waals surface area contributed by atoms with Crippen LogP contribution in [0.2, 0.25) is 0 Å². The maximum Gasteiger partial charge on any atom is 1.00 e. The first kappa shape index (κ1) is 29.0. The van der Waals surface area contributed by atoms with E-state index in [0.29, 0.717) is 6.42 Å². The van der Waals surface area contributed by atoms with Gasteiger partial charge in [0.05, 0.1) is 0 Å². The fourth-order valence-electron chi connectivity index (χ4n) is 2.41. The van der Waals surface area contributed by atoms with Gasteiger partial charge >= 0.3 is 79.8 Å². The standard InChI is InChI=1S/C11H18N2O3.C2H3O3P.2Na.2H/c1-4-6-7(3)11(5-2)8(14)12-10(16)13-9(11)15;1-2(3)5-6-4;;;;/h7H,4-6H2,1-3H3,(H2,12,13,14,15,16);1H3;;;;/q;;2*+1;2*-1. The number of nitrogens with one attached hydrogen (secondary N) is 2. The van der Waals surface area contributed by atoms with Crippen LogP contribution >= 0.6 is 8.69 Å². The number of amides is 4. The topological polar surface area (TPSA) is 119 Å². The minimum absolute atomic E-state index is 0. The van der Waals surface area contributed by atoms with Gasteiger partial charge in [-0.15, -0.1) is 0 Å². The van der Waals surface area contributed by atoms with Crippen LogP contribution in [0.25, 0.3) is 0 Å². The molecule has 1 unspecified atom stereocenters. The molecule has 1 aliphatic rings. The van der Waals surface area contributed by atoms with Gasteiger partial charge in [-0.3, -0.25) is 25.0 Å². The van der Waals surface area contributed by atoms with Crippen molar-refractivity contribution in [1.82, 2.24) is 10.6 Å². The third kappa shape index (κ3) is 8.04. The summed E-state index contributed by atoms with van der Waals surface area (Å²) in [6, 6.07) is -0.720. The van der Waals surface area contributed by atoms with Gasteiger partial charge in [-0.1, -0.05) is 27.2 Å². The molecule has 1 aliphatic heterocycles. The third-order valence-electron chi connectivity index (χ3n) is 3.55. The van der Waals surface area contributed by atoms with Crippen molar-refractivity contribution in [2.75, 3.05) is 0 Å². The van der Waals surface area contributed by atoms with Crippen LogP contribution in [0.15, 0.2) is 0 Å². The summed E-state index contributed by atoms with van der Waals surface area (Å²) in [5, 5.41) is 4.36. The first-order valence-electron chi connectivity index (χ1n) is 6.93. The molecule has 0 aliphatic carbocycles. The first-order chi connectivity index (χ1) is 10.3. The molecular weight excluding hydrogens is 357 g/mol. The van der Waals surface area contributed by atoms with E-state index in [1.807, 2.05) is 13.8 Å². The smallest absolute Gasteiger partial charge is 1.00 e. The Balaban J connectivity index is -0.000000129. The Labute approximate surface area is 190 Å². The SMILES string of the molecule is CC(=O)OP=O.CCCC(C)C1(CC)C(=O)NC(=O)NC1=O.[H-].[H-].[Na+].[Na+]. The van der Waals surface area contributed by atoms with Crippen molar-refractivity contribution >= 4 is 32.5 Å². The van der Waals surface area contributed by atoms with Crippen LogP contribution < -0.4 is 69.7 Å². The van der Waals surface area contributed by atoms with Gasteiger partial charge in [-0.25, -0.2) is 9.36 Å². The Morgan fingerprint density at radius 1 is 1.21 bits per heavy atom. The number of rotatable bonds is 5. The van der Waals surface area contributed by atoms with Crippen LogP contribution in [0.1, 0.15) is 49.8 Å². The van der Waals surface area contributed by atoms with Crippen molar-refractivity contribution in [2.24, 2.45) is 11.3 Å². The van der Waals surface area contributed by atoms with E-state index >= 15 is 0 Å². The van der Waals surface area contributed by atoms with Crippen molar-refractivity contribution < 1.29 is 90.2 Å². The second kappa shape index (κ2) is 14.4. The molecular formula is C13H23N2Na2O6P. The zero-order chi connectivity index (χ0) is 17.3. The number of carbonyl (C=O) groups is 4. The molecule has 2 N–H and O–H groups in total. The number of hydrogen-bond donors (Lipinski definition) is 2. The van der Waals surface area contributed by atoms with Gasteiger partial charge in [0, 0.05) is 6.92 Å². The minimum Gasteiger partial charge on any atom is -1.00 e. The molecule has 0 aromatic heterocycles. The van der Waals surface area contributed by atoms with E-state index in [1.54, 1.807) is 6.92 Å². The largest absolute Gasteiger partial charge is 1.00 e. The number of barbiturate groups is 1. The number of hydrogen-bond acceptors (Lipinski definition) is 6. The van der Waals surface area contributed by atoms with Crippen molar-refractivity contribution in [3.05, 3.63) is 0 Å². The van der Waals surface area contributed by atoms with E-state index in [4.69, 9.17) is 0 Å². The van der Waals surface area contributed by atoms with Crippen molar-refractivity contribution in [3.63, 3.8) is 0 Å². The minimum atomic E-state index is -1.09. The maximum absolute atomic E-state index is 11.9. The van der Waals surface area contributed by atoms with Gasteiger partial charge < -0.3 is 7.38 Å². The van der Waals surface area contributed by atoms with Gasteiger partial charge in [0.1, 0.15) is 5.41 Å². The van der Waals surface area contributed by atoms with Crippen LogP contribution in [-0.2, 0) is 23.5 Å². The number of imide groups is 2. The van der Waals surface area contributed by atoms with Gasteiger partial charge in [0.2, 0.25) is 11.8 Å². The molecule has 24 heavy (non-hydrogen) atoms.